The Morgan fingerprint density at radius 1 is 1.61 bits per heavy atom. The fourth-order valence-corrected chi connectivity index (χ4v) is 1.75. The Labute approximate surface area is 103 Å². The van der Waals surface area contributed by atoms with Crippen molar-refractivity contribution in [3.8, 4) is 0 Å². The third-order valence-electron chi connectivity index (χ3n) is 2.67. The van der Waals surface area contributed by atoms with Crippen LogP contribution in [0.25, 0.3) is 0 Å². The predicted octanol–water partition coefficient (Wildman–Crippen LogP) is 2.03. The van der Waals surface area contributed by atoms with Gasteiger partial charge in [0.15, 0.2) is 0 Å². The fourth-order valence-electron chi connectivity index (χ4n) is 1.75. The van der Waals surface area contributed by atoms with Gasteiger partial charge in [0.2, 0.25) is 5.82 Å². The molecular formula is C11H13FN2O4. The first-order valence-electron chi connectivity index (χ1n) is 5.28. The second kappa shape index (κ2) is 5.44. The van der Waals surface area contributed by atoms with E-state index in [4.69, 9.17) is 5.11 Å². The molecule has 1 unspecified atom stereocenters. The van der Waals surface area contributed by atoms with Gasteiger partial charge < -0.3 is 10.0 Å². The van der Waals surface area contributed by atoms with Crippen molar-refractivity contribution in [3.05, 3.63) is 34.1 Å². The summed E-state index contributed by atoms with van der Waals surface area (Å²) in [5, 5.41) is 19.8. The van der Waals surface area contributed by atoms with Gasteiger partial charge in [-0.1, -0.05) is 13.0 Å². The van der Waals surface area contributed by atoms with E-state index in [-0.39, 0.29) is 12.1 Å². The molecule has 1 aromatic carbocycles. The van der Waals surface area contributed by atoms with Crippen LogP contribution < -0.4 is 4.90 Å². The third-order valence-corrected chi connectivity index (χ3v) is 2.67. The first-order chi connectivity index (χ1) is 8.40. The molecule has 0 spiro atoms. The lowest BCUT2D eigenvalue weighted by molar-refractivity contribution is -0.386. The van der Waals surface area contributed by atoms with Gasteiger partial charge in [0, 0.05) is 7.05 Å². The van der Waals surface area contributed by atoms with Gasteiger partial charge in [-0.25, -0.2) is 4.79 Å². The molecule has 0 heterocycles. The van der Waals surface area contributed by atoms with Crippen LogP contribution in [-0.2, 0) is 4.79 Å². The number of carboxylic acid groups (broad SMARTS) is 1. The molecule has 0 saturated carbocycles. The van der Waals surface area contributed by atoms with Crippen molar-refractivity contribution in [2.45, 2.75) is 19.4 Å². The molecule has 7 heteroatoms. The van der Waals surface area contributed by atoms with Gasteiger partial charge >= 0.3 is 11.7 Å². The van der Waals surface area contributed by atoms with Crippen LogP contribution >= 0.6 is 0 Å². The number of para-hydroxylation sites is 1. The Morgan fingerprint density at radius 3 is 2.67 bits per heavy atom. The van der Waals surface area contributed by atoms with Crippen LogP contribution in [-0.4, -0.2) is 29.1 Å². The van der Waals surface area contributed by atoms with Crippen molar-refractivity contribution < 1.29 is 19.2 Å². The average Bonchev–Trinajstić information content (AvgIpc) is 2.28. The summed E-state index contributed by atoms with van der Waals surface area (Å²) < 4.78 is 13.4. The summed E-state index contributed by atoms with van der Waals surface area (Å²) in [5.41, 5.74) is -0.756. The van der Waals surface area contributed by atoms with Gasteiger partial charge in [-0.3, -0.25) is 10.1 Å². The number of carbonyl (C=O) groups is 1. The molecule has 0 bridgehead atoms. The largest absolute Gasteiger partial charge is 0.480 e. The minimum Gasteiger partial charge on any atom is -0.480 e. The SMILES string of the molecule is CCC(C(=O)O)N(C)c1cccc(F)c1[N+](=O)[O-]. The second-order valence-corrected chi connectivity index (χ2v) is 3.74. The molecule has 0 fully saturated rings. The van der Waals surface area contributed by atoms with E-state index in [0.29, 0.717) is 0 Å². The number of rotatable bonds is 5. The molecular weight excluding hydrogens is 243 g/mol. The summed E-state index contributed by atoms with van der Waals surface area (Å²) in [6, 6.07) is 2.66. The number of carboxylic acids is 1. The zero-order chi connectivity index (χ0) is 13.9. The van der Waals surface area contributed by atoms with Crippen molar-refractivity contribution >= 4 is 17.3 Å². The van der Waals surface area contributed by atoms with Crippen molar-refractivity contribution in [1.82, 2.24) is 0 Å². The number of nitro benzene ring substituents is 1. The first-order valence-corrected chi connectivity index (χ1v) is 5.28. The molecule has 0 aliphatic rings. The standard InChI is InChI=1S/C11H13FN2O4/c1-3-8(11(15)16)13(2)9-6-4-5-7(12)10(9)14(17)18/h4-6,8H,3H2,1-2H3,(H,15,16). The molecule has 98 valence electrons. The highest BCUT2D eigenvalue weighted by Gasteiger charge is 2.28. The topological polar surface area (TPSA) is 83.7 Å². The van der Waals surface area contributed by atoms with E-state index in [0.717, 1.165) is 6.07 Å². The maximum Gasteiger partial charge on any atom is 0.327 e. The van der Waals surface area contributed by atoms with E-state index in [9.17, 15) is 19.3 Å². The number of hydrogen-bond donors (Lipinski definition) is 1. The van der Waals surface area contributed by atoms with Gasteiger partial charge in [0.25, 0.3) is 0 Å². The highest BCUT2D eigenvalue weighted by molar-refractivity contribution is 5.79. The number of aliphatic carboxylic acids is 1. The van der Waals surface area contributed by atoms with Crippen LogP contribution in [0.4, 0.5) is 15.8 Å². The summed E-state index contributed by atoms with van der Waals surface area (Å²) in [7, 11) is 1.39. The van der Waals surface area contributed by atoms with Crippen LogP contribution in [0.3, 0.4) is 0 Å². The van der Waals surface area contributed by atoms with Gasteiger partial charge in [0.1, 0.15) is 11.7 Å². The maximum absolute atomic E-state index is 13.4. The van der Waals surface area contributed by atoms with Gasteiger partial charge in [-0.15, -0.1) is 0 Å². The third kappa shape index (κ3) is 2.55. The molecule has 0 aromatic heterocycles. The van der Waals surface area contributed by atoms with Crippen molar-refractivity contribution in [2.75, 3.05) is 11.9 Å². The highest BCUT2D eigenvalue weighted by atomic mass is 19.1. The molecule has 0 aliphatic carbocycles. The maximum atomic E-state index is 13.4. The Kier molecular flexibility index (Phi) is 4.19. The van der Waals surface area contributed by atoms with Crippen molar-refractivity contribution in [3.63, 3.8) is 0 Å². The normalized spacial score (nSPS) is 11.9. The first kappa shape index (κ1) is 13.9. The summed E-state index contributed by atoms with van der Waals surface area (Å²) in [5.74, 6) is -2.09. The number of likely N-dealkylation sites (N-methyl/N-ethyl adjacent to an activating group) is 1. The summed E-state index contributed by atoms with van der Waals surface area (Å²) in [6.45, 7) is 1.64. The molecule has 1 rings (SSSR count). The Hall–Kier alpha value is -2.18. The minimum absolute atomic E-state index is 0.0470. The highest BCUT2D eigenvalue weighted by Crippen LogP contribution is 2.31. The molecule has 0 aliphatic heterocycles. The lowest BCUT2D eigenvalue weighted by Gasteiger charge is -2.25. The van der Waals surface area contributed by atoms with Crippen molar-refractivity contribution in [2.24, 2.45) is 0 Å². The zero-order valence-electron chi connectivity index (χ0n) is 9.96. The molecule has 0 amide bonds. The Balaban J connectivity index is 3.28. The molecule has 1 aromatic rings. The number of nitro groups is 1. The minimum atomic E-state index is -1.11. The summed E-state index contributed by atoms with van der Waals surface area (Å²) in [4.78, 5) is 22.2. The van der Waals surface area contributed by atoms with Gasteiger partial charge in [-0.2, -0.15) is 4.39 Å². The van der Waals surface area contributed by atoms with Crippen LogP contribution in [0.2, 0.25) is 0 Å². The number of hydrogen-bond acceptors (Lipinski definition) is 4. The zero-order valence-corrected chi connectivity index (χ0v) is 9.96. The van der Waals surface area contributed by atoms with E-state index in [1.165, 1.54) is 24.1 Å². The van der Waals surface area contributed by atoms with E-state index in [2.05, 4.69) is 0 Å². The fraction of sp³-hybridized carbons (Fsp3) is 0.364. The van der Waals surface area contributed by atoms with Crippen LogP contribution in [0.5, 0.6) is 0 Å². The molecule has 1 atom stereocenters. The summed E-state index contributed by atoms with van der Waals surface area (Å²) >= 11 is 0. The predicted molar refractivity (Wildman–Crippen MR) is 63.2 cm³/mol. The molecule has 0 radical (unpaired) electrons. The lowest BCUT2D eigenvalue weighted by Crippen LogP contribution is -2.38. The van der Waals surface area contributed by atoms with E-state index in [1.54, 1.807) is 6.92 Å². The monoisotopic (exact) mass is 256 g/mol. The number of nitrogens with zero attached hydrogens (tertiary/aromatic N) is 2. The smallest absolute Gasteiger partial charge is 0.327 e. The number of halogens is 1. The van der Waals surface area contributed by atoms with E-state index in [1.807, 2.05) is 0 Å². The van der Waals surface area contributed by atoms with Crippen LogP contribution in [0.1, 0.15) is 13.3 Å². The van der Waals surface area contributed by atoms with E-state index >= 15 is 0 Å². The van der Waals surface area contributed by atoms with E-state index < -0.39 is 28.4 Å². The number of benzene rings is 1. The quantitative estimate of drug-likeness (QED) is 0.643. The Bertz CT molecular complexity index is 478. The van der Waals surface area contributed by atoms with Gasteiger partial charge in [-0.05, 0) is 18.6 Å². The average molecular weight is 256 g/mol. The van der Waals surface area contributed by atoms with Crippen LogP contribution in [0, 0.1) is 15.9 Å². The number of anilines is 1. The molecule has 18 heavy (non-hydrogen) atoms. The molecule has 1 N–H and O–H groups in total. The Morgan fingerprint density at radius 2 is 2.22 bits per heavy atom. The van der Waals surface area contributed by atoms with Crippen molar-refractivity contribution in [1.29, 1.82) is 0 Å². The summed E-state index contributed by atoms with van der Waals surface area (Å²) in [6.07, 6.45) is 0.250. The molecule has 6 nitrogen and oxygen atoms in total. The van der Waals surface area contributed by atoms with Gasteiger partial charge in [0.05, 0.1) is 4.92 Å². The lowest BCUT2D eigenvalue weighted by atomic mass is 10.1. The van der Waals surface area contributed by atoms with Crippen LogP contribution in [0.15, 0.2) is 18.2 Å². The second-order valence-electron chi connectivity index (χ2n) is 3.74. The molecule has 0 saturated heterocycles.